The van der Waals surface area contributed by atoms with Crippen LogP contribution in [0.5, 0.6) is 0 Å². The summed E-state index contributed by atoms with van der Waals surface area (Å²) in [6.45, 7) is 7.31. The number of anilines is 2. The molecule has 0 bridgehead atoms. The van der Waals surface area contributed by atoms with Gasteiger partial charge in [0.05, 0.1) is 18.9 Å². The smallest absolute Gasteiger partial charge is 0.254 e. The van der Waals surface area contributed by atoms with Crippen LogP contribution in [0.4, 0.5) is 11.8 Å². The summed E-state index contributed by atoms with van der Waals surface area (Å²) in [6.07, 6.45) is 0. The maximum atomic E-state index is 13.0. The van der Waals surface area contributed by atoms with Gasteiger partial charge < -0.3 is 25.6 Å². The minimum Gasteiger partial charge on any atom is -0.378 e. The topological polar surface area (TPSA) is 96.6 Å². The van der Waals surface area contributed by atoms with Crippen molar-refractivity contribution in [3.63, 3.8) is 0 Å². The molecule has 8 nitrogen and oxygen atoms in total. The normalized spacial score (nSPS) is 20.2. The fourth-order valence-corrected chi connectivity index (χ4v) is 3.68. The molecule has 2 saturated heterocycles. The number of amides is 1. The Kier molecular flexibility index (Phi) is 5.40. The van der Waals surface area contributed by atoms with Gasteiger partial charge in [0.15, 0.2) is 0 Å². The molecule has 0 saturated carbocycles. The molecule has 2 aliphatic heterocycles. The SMILES string of the molecule is CC1CNCCN1C(=O)c1cccc(-c2cc(N3CCOCC3)nc(N)n2)c1. The van der Waals surface area contributed by atoms with Crippen molar-refractivity contribution in [3.05, 3.63) is 35.9 Å². The number of nitrogen functional groups attached to an aromatic ring is 1. The number of carbonyl (C=O) groups excluding carboxylic acids is 1. The highest BCUT2D eigenvalue weighted by molar-refractivity contribution is 5.95. The number of piperazine rings is 1. The van der Waals surface area contributed by atoms with Crippen molar-refractivity contribution in [3.8, 4) is 11.3 Å². The Morgan fingerprint density at radius 2 is 2.04 bits per heavy atom. The number of benzene rings is 1. The molecule has 1 aromatic carbocycles. The van der Waals surface area contributed by atoms with Crippen LogP contribution in [0.25, 0.3) is 11.3 Å². The van der Waals surface area contributed by atoms with E-state index in [1.54, 1.807) is 0 Å². The third kappa shape index (κ3) is 3.93. The second-order valence-corrected chi connectivity index (χ2v) is 7.20. The first-order chi connectivity index (χ1) is 13.6. The van der Waals surface area contributed by atoms with Gasteiger partial charge in [0.25, 0.3) is 5.91 Å². The minimum atomic E-state index is 0.0475. The molecule has 2 aliphatic rings. The number of aromatic nitrogens is 2. The van der Waals surface area contributed by atoms with Crippen LogP contribution >= 0.6 is 0 Å². The van der Waals surface area contributed by atoms with Crippen molar-refractivity contribution in [1.82, 2.24) is 20.2 Å². The van der Waals surface area contributed by atoms with Gasteiger partial charge in [-0.1, -0.05) is 12.1 Å². The second-order valence-electron chi connectivity index (χ2n) is 7.20. The van der Waals surface area contributed by atoms with Crippen LogP contribution in [0.2, 0.25) is 0 Å². The highest BCUT2D eigenvalue weighted by atomic mass is 16.5. The first kappa shape index (κ1) is 18.6. The molecule has 0 spiro atoms. The molecule has 1 unspecified atom stereocenters. The van der Waals surface area contributed by atoms with Crippen molar-refractivity contribution in [2.24, 2.45) is 0 Å². The van der Waals surface area contributed by atoms with Gasteiger partial charge >= 0.3 is 0 Å². The van der Waals surface area contributed by atoms with Gasteiger partial charge in [-0.05, 0) is 19.1 Å². The van der Waals surface area contributed by atoms with E-state index < -0.39 is 0 Å². The second kappa shape index (κ2) is 8.12. The van der Waals surface area contributed by atoms with E-state index in [4.69, 9.17) is 10.5 Å². The van der Waals surface area contributed by atoms with Crippen LogP contribution in [0.15, 0.2) is 30.3 Å². The van der Waals surface area contributed by atoms with Gasteiger partial charge in [0.1, 0.15) is 5.82 Å². The Morgan fingerprint density at radius 3 is 2.82 bits per heavy atom. The molecule has 148 valence electrons. The Labute approximate surface area is 164 Å². The number of nitrogens with zero attached hydrogens (tertiary/aromatic N) is 4. The lowest BCUT2D eigenvalue weighted by atomic mass is 10.1. The molecule has 0 aliphatic carbocycles. The van der Waals surface area contributed by atoms with E-state index in [0.717, 1.165) is 43.3 Å². The quantitative estimate of drug-likeness (QED) is 0.817. The zero-order valence-corrected chi connectivity index (χ0v) is 16.1. The van der Waals surface area contributed by atoms with Gasteiger partial charge in [0, 0.05) is 56.0 Å². The summed E-state index contributed by atoms with van der Waals surface area (Å²) in [6, 6.07) is 9.69. The number of ether oxygens (including phenoxy) is 1. The van der Waals surface area contributed by atoms with Gasteiger partial charge in [-0.3, -0.25) is 4.79 Å². The van der Waals surface area contributed by atoms with E-state index in [1.807, 2.05) is 35.2 Å². The third-order valence-electron chi connectivity index (χ3n) is 5.23. The zero-order valence-electron chi connectivity index (χ0n) is 16.1. The van der Waals surface area contributed by atoms with Crippen LogP contribution in [-0.2, 0) is 4.74 Å². The highest BCUT2D eigenvalue weighted by Crippen LogP contribution is 2.25. The van der Waals surface area contributed by atoms with Crippen LogP contribution in [-0.4, -0.2) is 72.8 Å². The summed E-state index contributed by atoms with van der Waals surface area (Å²) in [5.41, 5.74) is 8.22. The molecule has 1 amide bonds. The summed E-state index contributed by atoms with van der Waals surface area (Å²) in [5.74, 6) is 1.07. The summed E-state index contributed by atoms with van der Waals surface area (Å²) in [4.78, 5) is 25.8. The molecule has 8 heteroatoms. The van der Waals surface area contributed by atoms with E-state index in [1.165, 1.54) is 0 Å². The number of nitrogens with two attached hydrogens (primary N) is 1. The van der Waals surface area contributed by atoms with Gasteiger partial charge in [-0.15, -0.1) is 0 Å². The lowest BCUT2D eigenvalue weighted by molar-refractivity contribution is 0.0656. The number of carbonyl (C=O) groups is 1. The Hall–Kier alpha value is -2.71. The van der Waals surface area contributed by atoms with Crippen LogP contribution < -0.4 is 16.0 Å². The lowest BCUT2D eigenvalue weighted by Crippen LogP contribution is -2.52. The minimum absolute atomic E-state index is 0.0475. The zero-order chi connectivity index (χ0) is 19.5. The van der Waals surface area contributed by atoms with E-state index in [2.05, 4.69) is 27.1 Å². The summed E-state index contributed by atoms with van der Waals surface area (Å²) in [5, 5.41) is 3.31. The van der Waals surface area contributed by atoms with Crippen molar-refractivity contribution in [2.45, 2.75) is 13.0 Å². The Morgan fingerprint density at radius 1 is 1.21 bits per heavy atom. The third-order valence-corrected chi connectivity index (χ3v) is 5.23. The van der Waals surface area contributed by atoms with Crippen molar-refractivity contribution >= 4 is 17.7 Å². The molecule has 3 heterocycles. The summed E-state index contributed by atoms with van der Waals surface area (Å²) >= 11 is 0. The highest BCUT2D eigenvalue weighted by Gasteiger charge is 2.24. The molecule has 1 aromatic heterocycles. The molecule has 28 heavy (non-hydrogen) atoms. The number of rotatable bonds is 3. The average Bonchev–Trinajstić information content (AvgIpc) is 2.74. The van der Waals surface area contributed by atoms with Crippen LogP contribution in [0.1, 0.15) is 17.3 Å². The first-order valence-electron chi connectivity index (χ1n) is 9.71. The van der Waals surface area contributed by atoms with E-state index in [-0.39, 0.29) is 17.9 Å². The predicted octanol–water partition coefficient (Wildman–Crippen LogP) is 0.996. The maximum absolute atomic E-state index is 13.0. The monoisotopic (exact) mass is 382 g/mol. The van der Waals surface area contributed by atoms with Gasteiger partial charge in [-0.25, -0.2) is 4.98 Å². The number of nitrogens with one attached hydrogen (secondary N) is 1. The molecule has 4 rings (SSSR count). The average molecular weight is 382 g/mol. The van der Waals surface area contributed by atoms with E-state index in [9.17, 15) is 4.79 Å². The van der Waals surface area contributed by atoms with Crippen molar-refractivity contribution in [2.75, 3.05) is 56.6 Å². The molecule has 0 radical (unpaired) electrons. The van der Waals surface area contributed by atoms with E-state index >= 15 is 0 Å². The van der Waals surface area contributed by atoms with Gasteiger partial charge in [0.2, 0.25) is 5.95 Å². The van der Waals surface area contributed by atoms with Crippen molar-refractivity contribution < 1.29 is 9.53 Å². The largest absolute Gasteiger partial charge is 0.378 e. The standard InChI is InChI=1S/C20H26N6O2/c1-14-13-22-5-6-26(14)19(27)16-4-2-3-15(11-16)17-12-18(24-20(21)23-17)25-7-9-28-10-8-25/h2-4,11-12,14,22H,5-10,13H2,1H3,(H2,21,23,24). The van der Waals surface area contributed by atoms with Gasteiger partial charge in [-0.2, -0.15) is 4.98 Å². The fraction of sp³-hybridized carbons (Fsp3) is 0.450. The number of hydrogen-bond acceptors (Lipinski definition) is 7. The summed E-state index contributed by atoms with van der Waals surface area (Å²) < 4.78 is 5.41. The number of morpholine rings is 1. The molecule has 2 fully saturated rings. The van der Waals surface area contributed by atoms with Crippen LogP contribution in [0, 0.1) is 0 Å². The molecule has 1 atom stereocenters. The molecule has 2 aromatic rings. The predicted molar refractivity (Wildman–Crippen MR) is 108 cm³/mol. The summed E-state index contributed by atoms with van der Waals surface area (Å²) in [7, 11) is 0. The maximum Gasteiger partial charge on any atom is 0.254 e. The molecule has 3 N–H and O–H groups in total. The van der Waals surface area contributed by atoms with Crippen molar-refractivity contribution in [1.29, 1.82) is 0 Å². The molecular weight excluding hydrogens is 356 g/mol. The molecular formula is C20H26N6O2. The number of hydrogen-bond donors (Lipinski definition) is 2. The Balaban J connectivity index is 1.62. The Bertz CT molecular complexity index is 852. The van der Waals surface area contributed by atoms with Crippen LogP contribution in [0.3, 0.4) is 0 Å². The van der Waals surface area contributed by atoms with E-state index in [0.29, 0.717) is 25.3 Å². The fourth-order valence-electron chi connectivity index (χ4n) is 3.68. The lowest BCUT2D eigenvalue weighted by Gasteiger charge is -2.34. The first-order valence-corrected chi connectivity index (χ1v) is 9.71.